The van der Waals surface area contributed by atoms with E-state index in [-0.39, 0.29) is 17.2 Å². The number of rotatable bonds is 4. The number of carbonyl (C=O) groups is 2. The number of anilines is 1. The minimum Gasteiger partial charge on any atom is -0.465 e. The van der Waals surface area contributed by atoms with Gasteiger partial charge in [0.1, 0.15) is 11.6 Å². The van der Waals surface area contributed by atoms with Crippen molar-refractivity contribution in [1.82, 2.24) is 14.8 Å². The lowest BCUT2D eigenvalue weighted by atomic mass is 10.0. The van der Waals surface area contributed by atoms with Gasteiger partial charge in [0.05, 0.1) is 35.0 Å². The van der Waals surface area contributed by atoms with Crippen LogP contribution < -0.4 is 5.32 Å². The van der Waals surface area contributed by atoms with Crippen molar-refractivity contribution < 1.29 is 23.1 Å². The quantitative estimate of drug-likeness (QED) is 0.673. The molecule has 0 saturated carbocycles. The number of amides is 1. The van der Waals surface area contributed by atoms with Crippen molar-refractivity contribution in [3.63, 3.8) is 0 Å². The molecule has 29 heavy (non-hydrogen) atoms. The molecule has 1 amide bonds. The molecule has 1 aromatic carbocycles. The molecule has 9 heteroatoms. The number of hydrogen-bond acceptors (Lipinski definition) is 5. The van der Waals surface area contributed by atoms with Gasteiger partial charge >= 0.3 is 5.97 Å². The molecule has 0 spiro atoms. The minimum atomic E-state index is -1.08. The predicted octanol–water partition coefficient (Wildman–Crippen LogP) is 3.72. The molecular weight excluding hydrogens is 382 g/mol. The van der Waals surface area contributed by atoms with Crippen LogP contribution in [0.5, 0.6) is 0 Å². The third-order valence-electron chi connectivity index (χ3n) is 4.53. The smallest absolute Gasteiger partial charge is 0.340 e. The van der Waals surface area contributed by atoms with E-state index in [1.54, 1.807) is 24.7 Å². The molecule has 3 rings (SSSR count). The number of ether oxygens (including phenoxy) is 1. The van der Waals surface area contributed by atoms with Gasteiger partial charge in [-0.05, 0) is 25.0 Å². The zero-order valence-electron chi connectivity index (χ0n) is 16.6. The highest BCUT2D eigenvalue weighted by atomic mass is 19.1. The van der Waals surface area contributed by atoms with Gasteiger partial charge in [-0.15, -0.1) is 0 Å². The summed E-state index contributed by atoms with van der Waals surface area (Å²) in [5, 5.41) is 7.25. The molecule has 0 aliphatic heterocycles. The number of aryl methyl sites for hydroxylation is 2. The highest BCUT2D eigenvalue weighted by Gasteiger charge is 2.22. The fraction of sp³-hybridized carbons (Fsp3) is 0.300. The first-order valence-corrected chi connectivity index (χ1v) is 8.87. The number of pyridine rings is 1. The van der Waals surface area contributed by atoms with Gasteiger partial charge in [0, 0.05) is 18.8 Å². The Morgan fingerprint density at radius 2 is 1.83 bits per heavy atom. The third-order valence-corrected chi connectivity index (χ3v) is 4.53. The maximum Gasteiger partial charge on any atom is 0.340 e. The Balaban J connectivity index is 2.10. The van der Waals surface area contributed by atoms with Gasteiger partial charge in [-0.1, -0.05) is 13.8 Å². The van der Waals surface area contributed by atoms with Crippen molar-refractivity contribution in [2.75, 3.05) is 12.4 Å². The molecule has 152 valence electrons. The Kier molecular flexibility index (Phi) is 5.32. The first-order valence-electron chi connectivity index (χ1n) is 8.87. The molecule has 0 radical (unpaired) electrons. The summed E-state index contributed by atoms with van der Waals surface area (Å²) in [7, 11) is 2.80. The number of fused-ring (bicyclic) bond motifs is 1. The van der Waals surface area contributed by atoms with Crippen molar-refractivity contribution >= 4 is 28.6 Å². The molecule has 0 fully saturated rings. The summed E-state index contributed by atoms with van der Waals surface area (Å²) in [4.78, 5) is 29.2. The van der Waals surface area contributed by atoms with Crippen molar-refractivity contribution in [3.8, 4) is 0 Å². The van der Waals surface area contributed by atoms with Gasteiger partial charge in [0.25, 0.3) is 5.91 Å². The van der Waals surface area contributed by atoms with Crippen LogP contribution >= 0.6 is 0 Å². The van der Waals surface area contributed by atoms with Gasteiger partial charge < -0.3 is 10.1 Å². The number of halogens is 2. The van der Waals surface area contributed by atoms with Crippen molar-refractivity contribution in [3.05, 3.63) is 52.3 Å². The average molecular weight is 402 g/mol. The largest absolute Gasteiger partial charge is 0.465 e. The van der Waals surface area contributed by atoms with Gasteiger partial charge in [-0.2, -0.15) is 5.10 Å². The van der Waals surface area contributed by atoms with Gasteiger partial charge in [0.15, 0.2) is 5.65 Å². The van der Waals surface area contributed by atoms with Crippen LogP contribution in [-0.2, 0) is 11.8 Å². The maximum absolute atomic E-state index is 14.2. The van der Waals surface area contributed by atoms with Crippen molar-refractivity contribution in [2.45, 2.75) is 26.7 Å². The summed E-state index contributed by atoms with van der Waals surface area (Å²) < 4.78 is 34.2. The van der Waals surface area contributed by atoms with Crippen LogP contribution in [0.4, 0.5) is 14.5 Å². The Bertz CT molecular complexity index is 1140. The average Bonchev–Trinajstić information content (AvgIpc) is 2.96. The summed E-state index contributed by atoms with van der Waals surface area (Å²) in [6.07, 6.45) is 0. The number of hydrogen-bond donors (Lipinski definition) is 1. The molecule has 0 bridgehead atoms. The highest BCUT2D eigenvalue weighted by Crippen LogP contribution is 2.27. The number of esters is 1. The van der Waals surface area contributed by atoms with E-state index in [4.69, 9.17) is 0 Å². The molecule has 0 aliphatic carbocycles. The molecule has 0 saturated heterocycles. The standard InChI is InChI=1S/C20H20F2N4O3/c1-9(2)15-7-12(17-10(3)25-26(4)18(17)23-15)19(27)24-16-6-11(20(28)29-5)13(21)8-14(16)22/h6-9H,1-5H3,(H,24,27). The summed E-state index contributed by atoms with van der Waals surface area (Å²) in [6.45, 7) is 5.60. The molecular formula is C20H20F2N4O3. The molecule has 0 unspecified atom stereocenters. The zero-order chi connectivity index (χ0) is 21.5. The summed E-state index contributed by atoms with van der Waals surface area (Å²) in [6, 6.07) is 3.06. The summed E-state index contributed by atoms with van der Waals surface area (Å²) >= 11 is 0. The highest BCUT2D eigenvalue weighted by molar-refractivity contribution is 6.13. The predicted molar refractivity (Wildman–Crippen MR) is 103 cm³/mol. The third kappa shape index (κ3) is 3.67. The second-order valence-electron chi connectivity index (χ2n) is 6.91. The van der Waals surface area contributed by atoms with Gasteiger partial charge in [0.2, 0.25) is 0 Å². The van der Waals surface area contributed by atoms with Crippen LogP contribution in [0.3, 0.4) is 0 Å². The number of methoxy groups -OCH3 is 1. The minimum absolute atomic E-state index is 0.0367. The molecule has 2 heterocycles. The maximum atomic E-state index is 14.2. The lowest BCUT2D eigenvalue weighted by Gasteiger charge is -2.12. The van der Waals surface area contributed by atoms with E-state index in [1.165, 1.54) is 0 Å². The van der Waals surface area contributed by atoms with Crippen LogP contribution in [0.15, 0.2) is 18.2 Å². The van der Waals surface area contributed by atoms with Crippen molar-refractivity contribution in [1.29, 1.82) is 0 Å². The second-order valence-corrected chi connectivity index (χ2v) is 6.91. The van der Waals surface area contributed by atoms with E-state index in [1.807, 2.05) is 13.8 Å². The fourth-order valence-corrected chi connectivity index (χ4v) is 3.04. The van der Waals surface area contributed by atoms with E-state index in [9.17, 15) is 18.4 Å². The van der Waals surface area contributed by atoms with E-state index in [2.05, 4.69) is 20.1 Å². The number of carbonyl (C=O) groups excluding carboxylic acids is 2. The molecule has 3 aromatic rings. The number of aromatic nitrogens is 3. The van der Waals surface area contributed by atoms with E-state index in [0.29, 0.717) is 28.5 Å². The van der Waals surface area contributed by atoms with Gasteiger partial charge in [-0.3, -0.25) is 9.48 Å². The SMILES string of the molecule is COC(=O)c1cc(NC(=O)c2cc(C(C)C)nc3c2c(C)nn3C)c(F)cc1F. The van der Waals surface area contributed by atoms with E-state index >= 15 is 0 Å². The van der Waals surface area contributed by atoms with Crippen molar-refractivity contribution in [2.24, 2.45) is 7.05 Å². The first-order chi connectivity index (χ1) is 13.6. The second kappa shape index (κ2) is 7.57. The monoisotopic (exact) mass is 402 g/mol. The van der Waals surface area contributed by atoms with Gasteiger partial charge in [-0.25, -0.2) is 18.6 Å². The fourth-order valence-electron chi connectivity index (χ4n) is 3.04. The van der Waals surface area contributed by atoms with Crippen LogP contribution in [0, 0.1) is 18.6 Å². The van der Waals surface area contributed by atoms with E-state index in [0.717, 1.165) is 13.2 Å². The Labute approximate surface area is 165 Å². The van der Waals surface area contributed by atoms with Crippen LogP contribution in [0.25, 0.3) is 11.0 Å². The molecule has 2 aromatic heterocycles. The summed E-state index contributed by atoms with van der Waals surface area (Å²) in [5.74, 6) is -3.66. The lowest BCUT2D eigenvalue weighted by molar-refractivity contribution is 0.0595. The first kappa shape index (κ1) is 20.4. The number of benzene rings is 1. The normalized spacial score (nSPS) is 11.2. The van der Waals surface area contributed by atoms with E-state index < -0.39 is 29.1 Å². The van der Waals surface area contributed by atoms with Crippen LogP contribution in [0.1, 0.15) is 51.9 Å². The summed E-state index contributed by atoms with van der Waals surface area (Å²) in [5.41, 5.74) is 1.21. The number of nitrogens with one attached hydrogen (secondary N) is 1. The molecule has 0 atom stereocenters. The molecule has 7 nitrogen and oxygen atoms in total. The zero-order valence-corrected chi connectivity index (χ0v) is 16.6. The topological polar surface area (TPSA) is 86.1 Å². The number of nitrogens with zero attached hydrogens (tertiary/aromatic N) is 3. The van der Waals surface area contributed by atoms with Crippen LogP contribution in [0.2, 0.25) is 0 Å². The molecule has 0 aliphatic rings. The lowest BCUT2D eigenvalue weighted by Crippen LogP contribution is -2.16. The van der Waals surface area contributed by atoms with Crippen LogP contribution in [-0.4, -0.2) is 33.8 Å². The Morgan fingerprint density at radius 1 is 1.14 bits per heavy atom. The Morgan fingerprint density at radius 3 is 2.45 bits per heavy atom. The molecule has 1 N–H and O–H groups in total. The Hall–Kier alpha value is -3.36.